The lowest BCUT2D eigenvalue weighted by molar-refractivity contribution is 0.128. The second-order valence-electron chi connectivity index (χ2n) is 4.84. The Balaban J connectivity index is 2.21. The smallest absolute Gasteiger partial charge is 0.0499 e. The third kappa shape index (κ3) is 3.01. The van der Waals surface area contributed by atoms with Crippen molar-refractivity contribution in [3.8, 4) is 0 Å². The Morgan fingerprint density at radius 3 is 2.71 bits per heavy atom. The zero-order chi connectivity index (χ0) is 12.3. The second kappa shape index (κ2) is 5.85. The quantitative estimate of drug-likeness (QED) is 0.895. The third-order valence-corrected chi connectivity index (χ3v) is 3.76. The highest BCUT2D eigenvalue weighted by Gasteiger charge is 2.29. The Kier molecular flexibility index (Phi) is 4.43. The maximum atomic E-state index is 6.30. The minimum Gasteiger partial charge on any atom is -0.326 e. The molecule has 1 aromatic carbocycles. The summed E-state index contributed by atoms with van der Waals surface area (Å²) in [6.45, 7) is 4.51. The average Bonchev–Trinajstić information content (AvgIpc) is 2.32. The van der Waals surface area contributed by atoms with E-state index in [9.17, 15) is 0 Å². The van der Waals surface area contributed by atoms with Gasteiger partial charge in [-0.1, -0.05) is 30.7 Å². The molecule has 2 unspecified atom stereocenters. The molecule has 1 aromatic rings. The van der Waals surface area contributed by atoms with Crippen molar-refractivity contribution < 1.29 is 0 Å². The zero-order valence-corrected chi connectivity index (χ0v) is 11.2. The van der Waals surface area contributed by atoms with E-state index in [1.165, 1.54) is 18.4 Å². The van der Waals surface area contributed by atoms with Crippen LogP contribution in [0.15, 0.2) is 24.3 Å². The lowest BCUT2D eigenvalue weighted by Crippen LogP contribution is -2.46. The fourth-order valence-electron chi connectivity index (χ4n) is 2.75. The van der Waals surface area contributed by atoms with Crippen molar-refractivity contribution in [1.82, 2.24) is 4.90 Å². The molecule has 1 heterocycles. The van der Waals surface area contributed by atoms with Gasteiger partial charge in [-0.25, -0.2) is 0 Å². The molecule has 0 aliphatic carbocycles. The first-order chi connectivity index (χ1) is 8.22. The first kappa shape index (κ1) is 12.9. The number of rotatable bonds is 3. The van der Waals surface area contributed by atoms with Gasteiger partial charge in [0, 0.05) is 17.1 Å². The molecule has 1 aliphatic rings. The Bertz CT molecular complexity index is 348. The van der Waals surface area contributed by atoms with Crippen molar-refractivity contribution in [3.63, 3.8) is 0 Å². The molecule has 2 nitrogen and oxygen atoms in total. The lowest BCUT2D eigenvalue weighted by atomic mass is 9.91. The standard InChI is InChI=1S/C14H21ClN2/c1-2-9-17-10-3-4-13(16)14(17)11-5-7-12(15)8-6-11/h5-8,13-14H,2-4,9-10,16H2,1H3. The monoisotopic (exact) mass is 252 g/mol. The van der Waals surface area contributed by atoms with Crippen LogP contribution >= 0.6 is 11.6 Å². The topological polar surface area (TPSA) is 29.3 Å². The summed E-state index contributed by atoms with van der Waals surface area (Å²) in [5.41, 5.74) is 7.60. The molecule has 2 atom stereocenters. The highest BCUT2D eigenvalue weighted by molar-refractivity contribution is 6.30. The number of hydrogen-bond donors (Lipinski definition) is 1. The average molecular weight is 253 g/mol. The van der Waals surface area contributed by atoms with E-state index in [4.69, 9.17) is 17.3 Å². The third-order valence-electron chi connectivity index (χ3n) is 3.50. The number of nitrogens with zero attached hydrogens (tertiary/aromatic N) is 1. The molecule has 0 aromatic heterocycles. The Morgan fingerprint density at radius 2 is 2.06 bits per heavy atom. The summed E-state index contributed by atoms with van der Waals surface area (Å²) in [7, 11) is 0. The van der Waals surface area contributed by atoms with Gasteiger partial charge < -0.3 is 5.73 Å². The molecular weight excluding hydrogens is 232 g/mol. The Labute approximate surface area is 109 Å². The summed E-state index contributed by atoms with van der Waals surface area (Å²) in [4.78, 5) is 2.51. The van der Waals surface area contributed by atoms with Gasteiger partial charge in [0.05, 0.1) is 0 Å². The summed E-state index contributed by atoms with van der Waals surface area (Å²) < 4.78 is 0. The van der Waals surface area contributed by atoms with Gasteiger partial charge in [-0.3, -0.25) is 4.90 Å². The van der Waals surface area contributed by atoms with Crippen LogP contribution in [0.25, 0.3) is 0 Å². The molecular formula is C14H21ClN2. The molecule has 3 heteroatoms. The molecule has 0 bridgehead atoms. The number of halogens is 1. The van der Waals surface area contributed by atoms with E-state index >= 15 is 0 Å². The maximum absolute atomic E-state index is 6.30. The molecule has 94 valence electrons. The van der Waals surface area contributed by atoms with Gasteiger partial charge in [-0.2, -0.15) is 0 Å². The van der Waals surface area contributed by atoms with Crippen molar-refractivity contribution in [2.75, 3.05) is 13.1 Å². The van der Waals surface area contributed by atoms with Crippen LogP contribution in [0.1, 0.15) is 37.8 Å². The van der Waals surface area contributed by atoms with Crippen LogP contribution in [0, 0.1) is 0 Å². The molecule has 0 amide bonds. The molecule has 2 N–H and O–H groups in total. The largest absolute Gasteiger partial charge is 0.326 e. The van der Waals surface area contributed by atoms with Crippen molar-refractivity contribution in [2.24, 2.45) is 5.73 Å². The van der Waals surface area contributed by atoms with Crippen LogP contribution < -0.4 is 5.73 Å². The summed E-state index contributed by atoms with van der Waals surface area (Å²) in [6.07, 6.45) is 3.51. The predicted octanol–water partition coefficient (Wildman–Crippen LogP) is 3.21. The first-order valence-corrected chi connectivity index (χ1v) is 6.85. The van der Waals surface area contributed by atoms with Gasteiger partial charge in [0.15, 0.2) is 0 Å². The first-order valence-electron chi connectivity index (χ1n) is 6.47. The van der Waals surface area contributed by atoms with Crippen LogP contribution in [-0.4, -0.2) is 24.0 Å². The lowest BCUT2D eigenvalue weighted by Gasteiger charge is -2.40. The molecule has 1 aliphatic heterocycles. The number of nitrogens with two attached hydrogens (primary N) is 1. The molecule has 1 fully saturated rings. The van der Waals surface area contributed by atoms with Crippen molar-refractivity contribution >= 4 is 11.6 Å². The van der Waals surface area contributed by atoms with E-state index in [2.05, 4.69) is 24.0 Å². The van der Waals surface area contributed by atoms with Gasteiger partial charge in [-0.05, 0) is 50.0 Å². The van der Waals surface area contributed by atoms with Crippen LogP contribution in [0.4, 0.5) is 0 Å². The molecule has 17 heavy (non-hydrogen) atoms. The molecule has 0 saturated carbocycles. The normalized spacial score (nSPS) is 26.1. The van der Waals surface area contributed by atoms with Crippen LogP contribution in [0.5, 0.6) is 0 Å². The van der Waals surface area contributed by atoms with Gasteiger partial charge >= 0.3 is 0 Å². The number of hydrogen-bond acceptors (Lipinski definition) is 2. The van der Waals surface area contributed by atoms with Crippen LogP contribution in [0.2, 0.25) is 5.02 Å². The maximum Gasteiger partial charge on any atom is 0.0499 e. The summed E-state index contributed by atoms with van der Waals surface area (Å²) in [6, 6.07) is 8.75. The van der Waals surface area contributed by atoms with Gasteiger partial charge in [-0.15, -0.1) is 0 Å². The number of likely N-dealkylation sites (tertiary alicyclic amines) is 1. The predicted molar refractivity (Wildman–Crippen MR) is 73.3 cm³/mol. The molecule has 1 saturated heterocycles. The Hall–Kier alpha value is -0.570. The fraction of sp³-hybridized carbons (Fsp3) is 0.571. The van der Waals surface area contributed by atoms with E-state index in [1.54, 1.807) is 0 Å². The summed E-state index contributed by atoms with van der Waals surface area (Å²) >= 11 is 5.94. The van der Waals surface area contributed by atoms with E-state index in [1.807, 2.05) is 12.1 Å². The highest BCUT2D eigenvalue weighted by atomic mass is 35.5. The molecule has 0 radical (unpaired) electrons. The summed E-state index contributed by atoms with van der Waals surface area (Å²) in [5, 5.41) is 0.792. The van der Waals surface area contributed by atoms with E-state index in [-0.39, 0.29) is 6.04 Å². The van der Waals surface area contributed by atoms with Crippen molar-refractivity contribution in [3.05, 3.63) is 34.9 Å². The number of benzene rings is 1. The highest BCUT2D eigenvalue weighted by Crippen LogP contribution is 2.30. The van der Waals surface area contributed by atoms with E-state index in [0.29, 0.717) is 6.04 Å². The van der Waals surface area contributed by atoms with E-state index < -0.39 is 0 Å². The van der Waals surface area contributed by atoms with E-state index in [0.717, 1.165) is 24.5 Å². The second-order valence-corrected chi connectivity index (χ2v) is 5.27. The van der Waals surface area contributed by atoms with Gasteiger partial charge in [0.2, 0.25) is 0 Å². The Morgan fingerprint density at radius 1 is 1.35 bits per heavy atom. The number of piperidine rings is 1. The minimum absolute atomic E-state index is 0.247. The van der Waals surface area contributed by atoms with Crippen molar-refractivity contribution in [1.29, 1.82) is 0 Å². The van der Waals surface area contributed by atoms with Crippen LogP contribution in [-0.2, 0) is 0 Å². The SMILES string of the molecule is CCCN1CCCC(N)C1c1ccc(Cl)cc1. The summed E-state index contributed by atoms with van der Waals surface area (Å²) in [5.74, 6) is 0. The van der Waals surface area contributed by atoms with Crippen LogP contribution in [0.3, 0.4) is 0 Å². The van der Waals surface area contributed by atoms with Gasteiger partial charge in [0.25, 0.3) is 0 Å². The minimum atomic E-state index is 0.247. The van der Waals surface area contributed by atoms with Gasteiger partial charge in [0.1, 0.15) is 0 Å². The fourth-order valence-corrected chi connectivity index (χ4v) is 2.88. The zero-order valence-electron chi connectivity index (χ0n) is 10.4. The molecule has 2 rings (SSSR count). The van der Waals surface area contributed by atoms with Crippen molar-refractivity contribution in [2.45, 2.75) is 38.3 Å². The molecule has 0 spiro atoms.